The maximum atomic E-state index is 12.4. The van der Waals surface area contributed by atoms with E-state index in [1.165, 1.54) is 11.8 Å². The molecule has 0 spiro atoms. The van der Waals surface area contributed by atoms with E-state index in [2.05, 4.69) is 20.8 Å². The molecule has 0 aliphatic carbocycles. The van der Waals surface area contributed by atoms with Gasteiger partial charge in [-0.25, -0.2) is 0 Å². The third-order valence-corrected chi connectivity index (χ3v) is 4.73. The van der Waals surface area contributed by atoms with E-state index in [-0.39, 0.29) is 5.91 Å². The van der Waals surface area contributed by atoms with Gasteiger partial charge in [0.05, 0.1) is 22.6 Å². The molecule has 0 saturated carbocycles. The zero-order valence-electron chi connectivity index (χ0n) is 13.6. The third kappa shape index (κ3) is 4.20. The molecule has 0 unspecified atom stereocenters. The molecular formula is C17H13ClN6OS. The molecule has 3 aromatic rings. The molecule has 7 nitrogen and oxygen atoms in total. The second kappa shape index (κ2) is 7.99. The molecular weight excluding hydrogens is 372 g/mol. The van der Waals surface area contributed by atoms with Gasteiger partial charge in [-0.05, 0) is 65.9 Å². The zero-order valence-corrected chi connectivity index (χ0v) is 15.2. The first-order chi connectivity index (χ1) is 12.6. The second-order valence-electron chi connectivity index (χ2n) is 5.29. The molecule has 0 radical (unpaired) electrons. The molecule has 0 fully saturated rings. The van der Waals surface area contributed by atoms with Gasteiger partial charge in [0, 0.05) is 10.7 Å². The van der Waals surface area contributed by atoms with Crippen molar-refractivity contribution in [3.05, 3.63) is 59.1 Å². The lowest BCUT2D eigenvalue weighted by molar-refractivity contribution is -0.115. The van der Waals surface area contributed by atoms with E-state index in [1.54, 1.807) is 60.1 Å². The molecule has 1 heterocycles. The Kier molecular flexibility index (Phi) is 5.51. The lowest BCUT2D eigenvalue weighted by Crippen LogP contribution is -2.22. The molecule has 0 saturated heterocycles. The number of nitriles is 1. The number of hydrogen-bond donors (Lipinski definition) is 1. The summed E-state index contributed by atoms with van der Waals surface area (Å²) in [5, 5.41) is 23.9. The van der Waals surface area contributed by atoms with Crippen molar-refractivity contribution in [3.63, 3.8) is 0 Å². The maximum absolute atomic E-state index is 12.4. The summed E-state index contributed by atoms with van der Waals surface area (Å²) < 4.78 is 1.55. The van der Waals surface area contributed by atoms with E-state index in [4.69, 9.17) is 16.9 Å². The van der Waals surface area contributed by atoms with Crippen LogP contribution in [0.2, 0.25) is 5.02 Å². The van der Waals surface area contributed by atoms with E-state index < -0.39 is 5.25 Å². The second-order valence-corrected chi connectivity index (χ2v) is 7.03. The lowest BCUT2D eigenvalue weighted by atomic mass is 10.2. The first-order valence-electron chi connectivity index (χ1n) is 7.59. The minimum absolute atomic E-state index is 0.189. The molecule has 26 heavy (non-hydrogen) atoms. The molecule has 2 aromatic carbocycles. The molecule has 9 heteroatoms. The Hall–Kier alpha value is -2.89. The summed E-state index contributed by atoms with van der Waals surface area (Å²) in [5.74, 6) is -0.189. The van der Waals surface area contributed by atoms with Crippen LogP contribution in [-0.2, 0) is 4.79 Å². The Labute approximate surface area is 159 Å². The number of thioether (sulfide) groups is 1. The zero-order chi connectivity index (χ0) is 18.5. The van der Waals surface area contributed by atoms with Crippen LogP contribution in [0.4, 0.5) is 5.69 Å². The van der Waals surface area contributed by atoms with Crippen LogP contribution >= 0.6 is 23.4 Å². The van der Waals surface area contributed by atoms with Crippen molar-refractivity contribution in [1.82, 2.24) is 20.2 Å². The molecule has 1 aromatic heterocycles. The van der Waals surface area contributed by atoms with Gasteiger partial charge in [-0.15, -0.1) is 5.10 Å². The van der Waals surface area contributed by atoms with Crippen LogP contribution in [0.3, 0.4) is 0 Å². The van der Waals surface area contributed by atoms with E-state index in [1.807, 2.05) is 6.07 Å². The number of nitrogens with one attached hydrogen (secondary N) is 1. The van der Waals surface area contributed by atoms with Crippen LogP contribution < -0.4 is 5.32 Å². The Morgan fingerprint density at radius 1 is 1.23 bits per heavy atom. The molecule has 1 atom stereocenters. The van der Waals surface area contributed by atoms with E-state index in [0.29, 0.717) is 21.4 Å². The number of carbonyl (C=O) groups excluding carboxylic acids is 1. The van der Waals surface area contributed by atoms with Crippen molar-refractivity contribution in [2.75, 3.05) is 5.32 Å². The van der Waals surface area contributed by atoms with E-state index in [9.17, 15) is 4.79 Å². The monoisotopic (exact) mass is 384 g/mol. The normalized spacial score (nSPS) is 11.6. The van der Waals surface area contributed by atoms with Crippen molar-refractivity contribution in [2.24, 2.45) is 0 Å². The predicted octanol–water partition coefficient (Wildman–Crippen LogP) is 3.31. The standard InChI is InChI=1S/C17H13ClN6OS/c1-11(16(25)20-14-6-2-12(10-19)3-7-14)26-17-21-22-23-24(17)15-8-4-13(18)5-9-15/h2-9,11H,1H3,(H,20,25)/t11-/m1/s1. The largest absolute Gasteiger partial charge is 0.325 e. The Balaban J connectivity index is 1.69. The van der Waals surface area contributed by atoms with Gasteiger partial charge < -0.3 is 5.32 Å². The predicted molar refractivity (Wildman–Crippen MR) is 99.3 cm³/mol. The quantitative estimate of drug-likeness (QED) is 0.678. The summed E-state index contributed by atoms with van der Waals surface area (Å²) in [7, 11) is 0. The van der Waals surface area contributed by atoms with Gasteiger partial charge in [0.2, 0.25) is 11.1 Å². The van der Waals surface area contributed by atoms with Crippen LogP contribution in [-0.4, -0.2) is 31.4 Å². The van der Waals surface area contributed by atoms with Gasteiger partial charge in [0.25, 0.3) is 0 Å². The van der Waals surface area contributed by atoms with Gasteiger partial charge in [-0.1, -0.05) is 23.4 Å². The Morgan fingerprint density at radius 2 is 1.92 bits per heavy atom. The molecule has 3 rings (SSSR count). The fraction of sp³-hybridized carbons (Fsp3) is 0.118. The molecule has 0 aliphatic rings. The summed E-state index contributed by atoms with van der Waals surface area (Å²) in [4.78, 5) is 12.4. The van der Waals surface area contributed by atoms with Crippen LogP contribution in [0, 0.1) is 11.3 Å². The number of aromatic nitrogens is 4. The van der Waals surface area contributed by atoms with Crippen LogP contribution in [0.1, 0.15) is 12.5 Å². The van der Waals surface area contributed by atoms with Crippen molar-refractivity contribution >= 4 is 35.0 Å². The van der Waals surface area contributed by atoms with Gasteiger partial charge >= 0.3 is 0 Å². The number of nitrogens with zero attached hydrogens (tertiary/aromatic N) is 5. The third-order valence-electron chi connectivity index (χ3n) is 3.45. The minimum Gasteiger partial charge on any atom is -0.325 e. The molecule has 1 amide bonds. The molecule has 1 N–H and O–H groups in total. The van der Waals surface area contributed by atoms with E-state index in [0.717, 1.165) is 5.69 Å². The summed E-state index contributed by atoms with van der Waals surface area (Å²) in [6.07, 6.45) is 0. The highest BCUT2D eigenvalue weighted by atomic mass is 35.5. The van der Waals surface area contributed by atoms with Crippen LogP contribution in [0.15, 0.2) is 53.7 Å². The Bertz CT molecular complexity index is 949. The lowest BCUT2D eigenvalue weighted by Gasteiger charge is -2.11. The highest BCUT2D eigenvalue weighted by molar-refractivity contribution is 8.00. The molecule has 130 valence electrons. The van der Waals surface area contributed by atoms with Crippen LogP contribution in [0.25, 0.3) is 5.69 Å². The van der Waals surface area contributed by atoms with Crippen LogP contribution in [0.5, 0.6) is 0 Å². The first-order valence-corrected chi connectivity index (χ1v) is 8.84. The fourth-order valence-electron chi connectivity index (χ4n) is 2.08. The summed E-state index contributed by atoms with van der Waals surface area (Å²) >= 11 is 7.14. The van der Waals surface area contributed by atoms with E-state index >= 15 is 0 Å². The molecule has 0 bridgehead atoms. The van der Waals surface area contributed by atoms with Crippen molar-refractivity contribution < 1.29 is 4.79 Å². The highest BCUT2D eigenvalue weighted by Gasteiger charge is 2.19. The number of amides is 1. The smallest absolute Gasteiger partial charge is 0.237 e. The summed E-state index contributed by atoms with van der Waals surface area (Å²) in [5.41, 5.74) is 1.91. The summed E-state index contributed by atoms with van der Waals surface area (Å²) in [6, 6.07) is 15.8. The minimum atomic E-state index is -0.428. The number of benzene rings is 2. The number of hydrogen-bond acceptors (Lipinski definition) is 6. The summed E-state index contributed by atoms with van der Waals surface area (Å²) in [6.45, 7) is 1.77. The number of carbonyl (C=O) groups is 1. The SMILES string of the molecule is C[C@@H](Sc1nnnn1-c1ccc(Cl)cc1)C(=O)Nc1ccc(C#N)cc1. The highest BCUT2D eigenvalue weighted by Crippen LogP contribution is 2.24. The number of rotatable bonds is 5. The van der Waals surface area contributed by atoms with Gasteiger partial charge in [0.15, 0.2) is 0 Å². The fourth-order valence-corrected chi connectivity index (χ4v) is 3.01. The van der Waals surface area contributed by atoms with Gasteiger partial charge in [-0.2, -0.15) is 9.94 Å². The molecule has 0 aliphatic heterocycles. The van der Waals surface area contributed by atoms with Crippen molar-refractivity contribution in [2.45, 2.75) is 17.3 Å². The number of anilines is 1. The van der Waals surface area contributed by atoms with Crippen molar-refractivity contribution in [3.8, 4) is 11.8 Å². The number of halogens is 1. The van der Waals surface area contributed by atoms with Gasteiger partial charge in [0.1, 0.15) is 0 Å². The maximum Gasteiger partial charge on any atom is 0.237 e. The first kappa shape index (κ1) is 17.9. The topological polar surface area (TPSA) is 96.5 Å². The number of tetrazole rings is 1. The average Bonchev–Trinajstić information content (AvgIpc) is 3.11. The van der Waals surface area contributed by atoms with Crippen molar-refractivity contribution in [1.29, 1.82) is 5.26 Å². The Morgan fingerprint density at radius 3 is 2.58 bits per heavy atom. The van der Waals surface area contributed by atoms with Gasteiger partial charge in [-0.3, -0.25) is 4.79 Å². The average molecular weight is 385 g/mol.